The summed E-state index contributed by atoms with van der Waals surface area (Å²) in [5.41, 5.74) is -0.290. The smallest absolute Gasteiger partial charge is 0.307 e. The Morgan fingerprint density at radius 1 is 1.19 bits per heavy atom. The summed E-state index contributed by atoms with van der Waals surface area (Å²) in [6, 6.07) is 0. The Bertz CT molecular complexity index is 242. The van der Waals surface area contributed by atoms with Crippen molar-refractivity contribution < 1.29 is 15.0 Å². The molecule has 3 heteroatoms. The third-order valence-corrected chi connectivity index (χ3v) is 3.66. The molecule has 0 aromatic rings. The van der Waals surface area contributed by atoms with Gasteiger partial charge in [-0.15, -0.1) is 0 Å². The van der Waals surface area contributed by atoms with E-state index < -0.39 is 18.0 Å². The van der Waals surface area contributed by atoms with Crippen LogP contribution in [0.15, 0.2) is 0 Å². The molecular formula is C13H24O3. The van der Waals surface area contributed by atoms with Gasteiger partial charge in [-0.1, -0.05) is 40.0 Å². The molecular weight excluding hydrogens is 204 g/mol. The molecule has 1 rings (SSSR count). The number of aliphatic hydroxyl groups is 1. The zero-order chi connectivity index (χ0) is 12.3. The number of carbonyl (C=O) groups is 1. The summed E-state index contributed by atoms with van der Waals surface area (Å²) in [5, 5.41) is 19.4. The monoisotopic (exact) mass is 228 g/mol. The van der Waals surface area contributed by atoms with E-state index in [1.165, 1.54) is 0 Å². The molecule has 1 saturated carbocycles. The molecule has 3 unspecified atom stereocenters. The van der Waals surface area contributed by atoms with E-state index in [1.54, 1.807) is 0 Å². The SMILES string of the molecule is CC(C)(C)C(C(=O)O)C1CCCCCC1O. The van der Waals surface area contributed by atoms with Crippen molar-refractivity contribution in [3.05, 3.63) is 0 Å². The first-order valence-electron chi connectivity index (χ1n) is 6.25. The van der Waals surface area contributed by atoms with Gasteiger partial charge >= 0.3 is 5.97 Å². The minimum absolute atomic E-state index is 0.0833. The second-order valence-corrected chi connectivity index (χ2v) is 6.05. The van der Waals surface area contributed by atoms with Gasteiger partial charge in [-0.2, -0.15) is 0 Å². The van der Waals surface area contributed by atoms with Gasteiger partial charge in [0.05, 0.1) is 12.0 Å². The van der Waals surface area contributed by atoms with E-state index in [9.17, 15) is 15.0 Å². The normalized spacial score (nSPS) is 29.5. The van der Waals surface area contributed by atoms with Gasteiger partial charge in [-0.05, 0) is 24.2 Å². The molecule has 1 aliphatic carbocycles. The van der Waals surface area contributed by atoms with E-state index in [1.807, 2.05) is 20.8 Å². The maximum absolute atomic E-state index is 11.4. The summed E-state index contributed by atoms with van der Waals surface area (Å²) in [6.45, 7) is 5.84. The molecule has 2 N–H and O–H groups in total. The van der Waals surface area contributed by atoms with Crippen molar-refractivity contribution in [2.45, 2.75) is 59.0 Å². The van der Waals surface area contributed by atoms with Crippen LogP contribution in [0.2, 0.25) is 0 Å². The van der Waals surface area contributed by atoms with Crippen molar-refractivity contribution in [1.82, 2.24) is 0 Å². The Labute approximate surface area is 97.9 Å². The van der Waals surface area contributed by atoms with E-state index in [2.05, 4.69) is 0 Å². The molecule has 1 aliphatic rings. The van der Waals surface area contributed by atoms with Crippen LogP contribution in [0.4, 0.5) is 0 Å². The van der Waals surface area contributed by atoms with Crippen LogP contribution in [0.1, 0.15) is 52.9 Å². The van der Waals surface area contributed by atoms with Crippen LogP contribution in [0, 0.1) is 17.3 Å². The van der Waals surface area contributed by atoms with Gasteiger partial charge in [0.1, 0.15) is 0 Å². The number of aliphatic hydroxyl groups excluding tert-OH is 1. The lowest BCUT2D eigenvalue weighted by atomic mass is 9.70. The Morgan fingerprint density at radius 2 is 1.75 bits per heavy atom. The van der Waals surface area contributed by atoms with E-state index in [0.717, 1.165) is 32.1 Å². The summed E-state index contributed by atoms with van der Waals surface area (Å²) in [7, 11) is 0. The van der Waals surface area contributed by atoms with Crippen molar-refractivity contribution >= 4 is 5.97 Å². The molecule has 3 nitrogen and oxygen atoms in total. The van der Waals surface area contributed by atoms with Crippen molar-refractivity contribution in [1.29, 1.82) is 0 Å². The fraction of sp³-hybridized carbons (Fsp3) is 0.923. The predicted molar refractivity (Wildman–Crippen MR) is 63.2 cm³/mol. The average Bonchev–Trinajstić information content (AvgIpc) is 2.29. The van der Waals surface area contributed by atoms with Crippen molar-refractivity contribution in [3.8, 4) is 0 Å². The van der Waals surface area contributed by atoms with Gasteiger partial charge < -0.3 is 10.2 Å². The maximum atomic E-state index is 11.4. The first kappa shape index (κ1) is 13.5. The first-order chi connectivity index (χ1) is 7.34. The molecule has 0 aliphatic heterocycles. The number of rotatable bonds is 2. The van der Waals surface area contributed by atoms with Gasteiger partial charge in [-0.25, -0.2) is 0 Å². The Morgan fingerprint density at radius 3 is 2.25 bits per heavy atom. The zero-order valence-corrected chi connectivity index (χ0v) is 10.6. The lowest BCUT2D eigenvalue weighted by molar-refractivity contribution is -0.151. The fourth-order valence-electron chi connectivity index (χ4n) is 2.90. The number of aliphatic carboxylic acids is 1. The second kappa shape index (κ2) is 5.17. The minimum atomic E-state index is -0.765. The molecule has 0 amide bonds. The third kappa shape index (κ3) is 3.21. The van der Waals surface area contributed by atoms with Crippen molar-refractivity contribution in [2.24, 2.45) is 17.3 Å². The summed E-state index contributed by atoms with van der Waals surface area (Å²) in [6.07, 6.45) is 4.34. The van der Waals surface area contributed by atoms with E-state index in [4.69, 9.17) is 0 Å². The molecule has 0 aromatic carbocycles. The highest BCUT2D eigenvalue weighted by molar-refractivity contribution is 5.71. The number of carboxylic acid groups (broad SMARTS) is 1. The van der Waals surface area contributed by atoms with Crippen LogP contribution in [0.25, 0.3) is 0 Å². The standard InChI is InChI=1S/C13H24O3/c1-13(2,3)11(12(15)16)9-7-5-4-6-8-10(9)14/h9-11,14H,4-8H2,1-3H3,(H,15,16). The quantitative estimate of drug-likeness (QED) is 0.714. The van der Waals surface area contributed by atoms with Gasteiger partial charge in [0.2, 0.25) is 0 Å². The number of hydrogen-bond donors (Lipinski definition) is 2. The molecule has 1 fully saturated rings. The van der Waals surface area contributed by atoms with Crippen LogP contribution in [-0.2, 0) is 4.79 Å². The molecule has 0 heterocycles. The highest BCUT2D eigenvalue weighted by atomic mass is 16.4. The van der Waals surface area contributed by atoms with Crippen LogP contribution < -0.4 is 0 Å². The second-order valence-electron chi connectivity index (χ2n) is 6.05. The number of hydrogen-bond acceptors (Lipinski definition) is 2. The van der Waals surface area contributed by atoms with E-state index >= 15 is 0 Å². The van der Waals surface area contributed by atoms with E-state index in [-0.39, 0.29) is 11.3 Å². The Balaban J connectivity index is 2.87. The van der Waals surface area contributed by atoms with Crippen LogP contribution in [0.3, 0.4) is 0 Å². The molecule has 0 radical (unpaired) electrons. The van der Waals surface area contributed by atoms with Crippen LogP contribution in [-0.4, -0.2) is 22.3 Å². The molecule has 0 saturated heterocycles. The summed E-state index contributed by atoms with van der Waals surface area (Å²) in [5.74, 6) is -1.29. The Kier molecular flexibility index (Phi) is 4.36. The van der Waals surface area contributed by atoms with Gasteiger partial charge in [0, 0.05) is 0 Å². The summed E-state index contributed by atoms with van der Waals surface area (Å²) in [4.78, 5) is 11.4. The van der Waals surface area contributed by atoms with Crippen LogP contribution >= 0.6 is 0 Å². The fourth-order valence-corrected chi connectivity index (χ4v) is 2.90. The zero-order valence-electron chi connectivity index (χ0n) is 10.6. The van der Waals surface area contributed by atoms with Crippen LogP contribution in [0.5, 0.6) is 0 Å². The molecule has 0 bridgehead atoms. The van der Waals surface area contributed by atoms with Crippen molar-refractivity contribution in [3.63, 3.8) is 0 Å². The molecule has 16 heavy (non-hydrogen) atoms. The lowest BCUT2D eigenvalue weighted by Crippen LogP contribution is -2.40. The summed E-state index contributed by atoms with van der Waals surface area (Å²) >= 11 is 0. The highest BCUT2D eigenvalue weighted by Crippen LogP contribution is 2.39. The average molecular weight is 228 g/mol. The predicted octanol–water partition coefficient (Wildman–Crippen LogP) is 2.67. The molecule has 0 spiro atoms. The first-order valence-corrected chi connectivity index (χ1v) is 6.25. The largest absolute Gasteiger partial charge is 0.481 e. The third-order valence-electron chi connectivity index (χ3n) is 3.66. The van der Waals surface area contributed by atoms with Gasteiger partial charge in [0.15, 0.2) is 0 Å². The van der Waals surface area contributed by atoms with Crippen molar-refractivity contribution in [2.75, 3.05) is 0 Å². The lowest BCUT2D eigenvalue weighted by Gasteiger charge is -2.35. The maximum Gasteiger partial charge on any atom is 0.307 e. The summed E-state index contributed by atoms with van der Waals surface area (Å²) < 4.78 is 0. The number of carboxylic acids is 1. The van der Waals surface area contributed by atoms with Gasteiger partial charge in [0.25, 0.3) is 0 Å². The minimum Gasteiger partial charge on any atom is -0.481 e. The van der Waals surface area contributed by atoms with Gasteiger partial charge in [-0.3, -0.25) is 4.79 Å². The molecule has 94 valence electrons. The highest BCUT2D eigenvalue weighted by Gasteiger charge is 2.41. The molecule has 0 aromatic heterocycles. The topological polar surface area (TPSA) is 57.5 Å². The Hall–Kier alpha value is -0.570. The molecule has 3 atom stereocenters. The van der Waals surface area contributed by atoms with E-state index in [0.29, 0.717) is 0 Å².